The molecule has 3 N–H and O–H groups in total. The number of nitrogens with two attached hydrogens (primary N) is 1. The van der Waals surface area contributed by atoms with Crippen LogP contribution in [0.25, 0.3) is 0 Å². The third-order valence-electron chi connectivity index (χ3n) is 0.659. The van der Waals surface area contributed by atoms with Gasteiger partial charge in [0, 0.05) is 0 Å². The summed E-state index contributed by atoms with van der Waals surface area (Å²) in [7, 11) is 0. The van der Waals surface area contributed by atoms with Crippen molar-refractivity contribution in [3.8, 4) is 0 Å². The average molecular weight is 99.1 g/mol. The number of aliphatic hydroxyl groups is 1. The standard InChI is InChI=1S/C5H9NO/c1-2-5(3-6)4-7/h2-3,7H,1,4,6H2/b5-3+. The zero-order valence-corrected chi connectivity index (χ0v) is 4.09. The second kappa shape index (κ2) is 3.43. The van der Waals surface area contributed by atoms with E-state index in [1.807, 2.05) is 0 Å². The van der Waals surface area contributed by atoms with Gasteiger partial charge >= 0.3 is 0 Å². The van der Waals surface area contributed by atoms with Crippen LogP contribution >= 0.6 is 0 Å². The predicted molar refractivity (Wildman–Crippen MR) is 29.6 cm³/mol. The van der Waals surface area contributed by atoms with Crippen molar-refractivity contribution in [3.63, 3.8) is 0 Å². The summed E-state index contributed by atoms with van der Waals surface area (Å²) in [5.41, 5.74) is 5.65. The lowest BCUT2D eigenvalue weighted by atomic mass is 10.3. The molecule has 0 aliphatic carbocycles. The topological polar surface area (TPSA) is 46.2 Å². The van der Waals surface area contributed by atoms with Crippen LogP contribution in [0.5, 0.6) is 0 Å². The Bertz CT molecular complexity index is 86.1. The normalized spacial score (nSPS) is 11.3. The van der Waals surface area contributed by atoms with Gasteiger partial charge in [0.2, 0.25) is 0 Å². The van der Waals surface area contributed by atoms with E-state index in [1.54, 1.807) is 0 Å². The third-order valence-corrected chi connectivity index (χ3v) is 0.659. The van der Waals surface area contributed by atoms with Crippen molar-refractivity contribution in [2.75, 3.05) is 6.61 Å². The van der Waals surface area contributed by atoms with Crippen LogP contribution in [-0.2, 0) is 0 Å². The van der Waals surface area contributed by atoms with Crippen molar-refractivity contribution in [2.45, 2.75) is 0 Å². The second-order valence-electron chi connectivity index (χ2n) is 1.10. The molecule has 2 nitrogen and oxygen atoms in total. The maximum atomic E-state index is 8.31. The molecule has 0 rings (SSSR count). The Morgan fingerprint density at radius 1 is 1.86 bits per heavy atom. The molecule has 0 fully saturated rings. The first-order valence-electron chi connectivity index (χ1n) is 1.99. The predicted octanol–water partition coefficient (Wildman–Crippen LogP) is 0.00730. The van der Waals surface area contributed by atoms with Crippen LogP contribution in [-0.4, -0.2) is 11.7 Å². The van der Waals surface area contributed by atoms with Gasteiger partial charge in [-0.15, -0.1) is 0 Å². The quantitative estimate of drug-likeness (QED) is 0.479. The molecule has 2 heteroatoms. The molecule has 0 saturated heterocycles. The van der Waals surface area contributed by atoms with E-state index in [-0.39, 0.29) is 6.61 Å². The highest BCUT2D eigenvalue weighted by atomic mass is 16.3. The summed E-state index contributed by atoms with van der Waals surface area (Å²) in [6.45, 7) is 3.37. The fourth-order valence-corrected chi connectivity index (χ4v) is 0.185. The molecule has 0 radical (unpaired) electrons. The SMILES string of the molecule is C=C/C(=C\N)CO. The van der Waals surface area contributed by atoms with Crippen LogP contribution in [0.15, 0.2) is 24.4 Å². The van der Waals surface area contributed by atoms with E-state index < -0.39 is 0 Å². The summed E-state index contributed by atoms with van der Waals surface area (Å²) >= 11 is 0. The summed E-state index contributed by atoms with van der Waals surface area (Å²) in [6.07, 6.45) is 2.84. The van der Waals surface area contributed by atoms with Crippen molar-refractivity contribution >= 4 is 0 Å². The van der Waals surface area contributed by atoms with Crippen LogP contribution in [0.3, 0.4) is 0 Å². The lowest BCUT2D eigenvalue weighted by molar-refractivity contribution is 0.335. The van der Waals surface area contributed by atoms with Crippen LogP contribution in [0.2, 0.25) is 0 Å². The maximum absolute atomic E-state index is 8.31. The molecule has 0 saturated carbocycles. The summed E-state index contributed by atoms with van der Waals surface area (Å²) in [6, 6.07) is 0. The fraction of sp³-hybridized carbons (Fsp3) is 0.200. The van der Waals surface area contributed by atoms with Gasteiger partial charge in [0.1, 0.15) is 0 Å². The van der Waals surface area contributed by atoms with E-state index in [0.717, 1.165) is 0 Å². The Kier molecular flexibility index (Phi) is 3.06. The highest BCUT2D eigenvalue weighted by Gasteiger charge is 1.79. The summed E-state index contributed by atoms with van der Waals surface area (Å²) in [5, 5.41) is 8.31. The van der Waals surface area contributed by atoms with Gasteiger partial charge in [-0.2, -0.15) is 0 Å². The average Bonchev–Trinajstić information content (AvgIpc) is 1.72. The van der Waals surface area contributed by atoms with Crippen molar-refractivity contribution in [1.29, 1.82) is 0 Å². The highest BCUT2D eigenvalue weighted by Crippen LogP contribution is 1.86. The first-order chi connectivity index (χ1) is 3.35. The summed E-state index contributed by atoms with van der Waals surface area (Å²) in [5.74, 6) is 0. The Hall–Kier alpha value is -0.760. The van der Waals surface area contributed by atoms with Crippen LogP contribution in [0.4, 0.5) is 0 Å². The van der Waals surface area contributed by atoms with Gasteiger partial charge in [-0.25, -0.2) is 0 Å². The van der Waals surface area contributed by atoms with Crippen molar-refractivity contribution in [3.05, 3.63) is 24.4 Å². The molecular weight excluding hydrogens is 90.1 g/mol. The Morgan fingerprint density at radius 2 is 2.43 bits per heavy atom. The van der Waals surface area contributed by atoms with Crippen molar-refractivity contribution in [2.24, 2.45) is 5.73 Å². The molecule has 0 amide bonds. The minimum atomic E-state index is -0.0278. The molecule has 0 aromatic heterocycles. The zero-order chi connectivity index (χ0) is 5.70. The molecule has 0 aromatic rings. The molecule has 0 spiro atoms. The fourth-order valence-electron chi connectivity index (χ4n) is 0.185. The monoisotopic (exact) mass is 99.1 g/mol. The van der Waals surface area contributed by atoms with E-state index in [9.17, 15) is 0 Å². The minimum Gasteiger partial charge on any atom is -0.404 e. The van der Waals surface area contributed by atoms with Gasteiger partial charge < -0.3 is 10.8 Å². The third kappa shape index (κ3) is 2.00. The number of hydrogen-bond acceptors (Lipinski definition) is 2. The Labute approximate surface area is 43.0 Å². The molecule has 0 atom stereocenters. The molecule has 40 valence electrons. The second-order valence-corrected chi connectivity index (χ2v) is 1.10. The number of rotatable bonds is 2. The van der Waals surface area contributed by atoms with Gasteiger partial charge in [-0.05, 0) is 11.8 Å². The molecule has 0 heterocycles. The van der Waals surface area contributed by atoms with Gasteiger partial charge in [-0.1, -0.05) is 12.7 Å². The molecule has 0 aliphatic rings. The van der Waals surface area contributed by atoms with Crippen molar-refractivity contribution < 1.29 is 5.11 Å². The smallest absolute Gasteiger partial charge is 0.0695 e. The Morgan fingerprint density at radius 3 is 2.43 bits per heavy atom. The molecule has 7 heavy (non-hydrogen) atoms. The molecule has 0 unspecified atom stereocenters. The lowest BCUT2D eigenvalue weighted by Gasteiger charge is -1.87. The van der Waals surface area contributed by atoms with Gasteiger partial charge in [-0.3, -0.25) is 0 Å². The van der Waals surface area contributed by atoms with Crippen molar-refractivity contribution in [1.82, 2.24) is 0 Å². The molecule has 0 bridgehead atoms. The number of aliphatic hydroxyl groups excluding tert-OH is 1. The lowest BCUT2D eigenvalue weighted by Crippen LogP contribution is -1.89. The van der Waals surface area contributed by atoms with Gasteiger partial charge in [0.25, 0.3) is 0 Å². The summed E-state index contributed by atoms with van der Waals surface area (Å²) in [4.78, 5) is 0. The van der Waals surface area contributed by atoms with Gasteiger partial charge in [0.15, 0.2) is 0 Å². The van der Waals surface area contributed by atoms with Gasteiger partial charge in [0.05, 0.1) is 6.61 Å². The first-order valence-corrected chi connectivity index (χ1v) is 1.99. The molecule has 0 aromatic carbocycles. The maximum Gasteiger partial charge on any atom is 0.0695 e. The summed E-state index contributed by atoms with van der Waals surface area (Å²) < 4.78 is 0. The molecular formula is C5H9NO. The van der Waals surface area contributed by atoms with Crippen LogP contribution < -0.4 is 5.73 Å². The van der Waals surface area contributed by atoms with E-state index >= 15 is 0 Å². The van der Waals surface area contributed by atoms with Crippen LogP contribution in [0, 0.1) is 0 Å². The zero-order valence-electron chi connectivity index (χ0n) is 4.09. The molecule has 0 aliphatic heterocycles. The van der Waals surface area contributed by atoms with E-state index in [2.05, 4.69) is 6.58 Å². The van der Waals surface area contributed by atoms with E-state index in [0.29, 0.717) is 5.57 Å². The van der Waals surface area contributed by atoms with E-state index in [1.165, 1.54) is 12.3 Å². The largest absolute Gasteiger partial charge is 0.404 e. The first kappa shape index (κ1) is 6.24. The minimum absolute atomic E-state index is 0.0278. The Balaban J connectivity index is 3.60. The number of hydrogen-bond donors (Lipinski definition) is 2. The van der Waals surface area contributed by atoms with Crippen LogP contribution in [0.1, 0.15) is 0 Å². The highest BCUT2D eigenvalue weighted by molar-refractivity contribution is 5.14. The van der Waals surface area contributed by atoms with E-state index in [4.69, 9.17) is 10.8 Å².